The molecule has 2 aromatic carbocycles. The Labute approximate surface area is 160 Å². The van der Waals surface area contributed by atoms with Gasteiger partial charge in [0.05, 0.1) is 25.8 Å². The number of nitrogens with one attached hydrogen (secondary N) is 1. The molecule has 5 heteroatoms. The molecule has 1 atom stereocenters. The van der Waals surface area contributed by atoms with Crippen LogP contribution in [0.2, 0.25) is 0 Å². The fraction of sp³-hybridized carbons (Fsp3) is 0.318. The van der Waals surface area contributed by atoms with Crippen molar-refractivity contribution in [1.29, 1.82) is 0 Å². The Morgan fingerprint density at radius 3 is 2.44 bits per heavy atom. The highest BCUT2D eigenvalue weighted by Crippen LogP contribution is 2.32. The second-order valence-electron chi connectivity index (χ2n) is 6.80. The summed E-state index contributed by atoms with van der Waals surface area (Å²) in [5, 5.41) is 4.75. The van der Waals surface area contributed by atoms with E-state index in [-0.39, 0.29) is 6.04 Å². The number of anilines is 1. The van der Waals surface area contributed by atoms with Gasteiger partial charge in [0.2, 0.25) is 0 Å². The van der Waals surface area contributed by atoms with Gasteiger partial charge in [-0.3, -0.25) is 4.98 Å². The van der Waals surface area contributed by atoms with Crippen LogP contribution in [-0.4, -0.2) is 44.7 Å². The highest BCUT2D eigenvalue weighted by molar-refractivity contribution is 5.91. The van der Waals surface area contributed by atoms with Crippen LogP contribution in [0.15, 0.2) is 48.5 Å². The van der Waals surface area contributed by atoms with Gasteiger partial charge >= 0.3 is 0 Å². The lowest BCUT2D eigenvalue weighted by atomic mass is 10.0. The number of likely N-dealkylation sites (N-methyl/N-ethyl adjacent to an activating group) is 1. The van der Waals surface area contributed by atoms with E-state index in [0.29, 0.717) is 0 Å². The van der Waals surface area contributed by atoms with Crippen molar-refractivity contribution in [2.75, 3.05) is 40.2 Å². The fourth-order valence-electron chi connectivity index (χ4n) is 3.32. The van der Waals surface area contributed by atoms with E-state index >= 15 is 0 Å². The second-order valence-corrected chi connectivity index (χ2v) is 6.80. The Balaban J connectivity index is 1.88. The van der Waals surface area contributed by atoms with Crippen LogP contribution in [0, 0.1) is 6.92 Å². The maximum absolute atomic E-state index is 5.47. The van der Waals surface area contributed by atoms with Crippen LogP contribution in [0.1, 0.15) is 17.3 Å². The molecule has 0 radical (unpaired) electrons. The lowest BCUT2D eigenvalue weighted by Gasteiger charge is -2.26. The number of pyridine rings is 1. The summed E-state index contributed by atoms with van der Waals surface area (Å²) in [4.78, 5) is 6.82. The Morgan fingerprint density at radius 1 is 1.00 bits per heavy atom. The molecule has 3 aromatic rings. The predicted octanol–water partition coefficient (Wildman–Crippen LogP) is 4.28. The number of rotatable bonds is 7. The van der Waals surface area contributed by atoms with Crippen LogP contribution < -0.4 is 14.8 Å². The van der Waals surface area contributed by atoms with Gasteiger partial charge in [-0.25, -0.2) is 0 Å². The van der Waals surface area contributed by atoms with Crippen LogP contribution in [0.4, 0.5) is 5.69 Å². The zero-order valence-corrected chi connectivity index (χ0v) is 16.6. The van der Waals surface area contributed by atoms with Gasteiger partial charge < -0.3 is 19.7 Å². The highest BCUT2D eigenvalue weighted by Gasteiger charge is 2.17. The van der Waals surface area contributed by atoms with Crippen LogP contribution in [0.3, 0.4) is 0 Å². The van der Waals surface area contributed by atoms with Gasteiger partial charge in [-0.1, -0.05) is 24.3 Å². The van der Waals surface area contributed by atoms with Gasteiger partial charge in [0.1, 0.15) is 0 Å². The first-order valence-electron chi connectivity index (χ1n) is 9.02. The number of aryl methyl sites for hydroxylation is 1. The third kappa shape index (κ3) is 4.14. The normalized spacial score (nSPS) is 12.2. The Bertz CT molecular complexity index is 925. The Hall–Kier alpha value is -2.79. The van der Waals surface area contributed by atoms with E-state index in [1.807, 2.05) is 37.3 Å². The Kier molecular flexibility index (Phi) is 5.81. The van der Waals surface area contributed by atoms with Crippen molar-refractivity contribution in [3.63, 3.8) is 0 Å². The molecule has 0 spiro atoms. The summed E-state index contributed by atoms with van der Waals surface area (Å²) < 4.78 is 10.8. The number of benzene rings is 2. The molecule has 0 aliphatic carbocycles. The quantitative estimate of drug-likeness (QED) is 0.677. The standard InChI is InChI=1S/C22H27N3O2/c1-15-12-19(17-8-6-7-9-18(17)24-15)23-14-20(25(2)3)16-10-11-21(26-4)22(13-16)27-5/h6-13,20H,14H2,1-5H3,(H,23,24)/t20-/m1/s1. The van der Waals surface area contributed by atoms with Crippen molar-refractivity contribution in [3.8, 4) is 11.5 Å². The third-order valence-electron chi connectivity index (χ3n) is 4.75. The molecule has 3 rings (SSSR count). The van der Waals surface area contributed by atoms with E-state index in [4.69, 9.17) is 9.47 Å². The molecule has 5 nitrogen and oxygen atoms in total. The number of aromatic nitrogens is 1. The van der Waals surface area contributed by atoms with E-state index in [9.17, 15) is 0 Å². The summed E-state index contributed by atoms with van der Waals surface area (Å²) in [6.07, 6.45) is 0. The Morgan fingerprint density at radius 2 is 1.74 bits per heavy atom. The van der Waals surface area contributed by atoms with Crippen LogP contribution in [0.25, 0.3) is 10.9 Å². The minimum Gasteiger partial charge on any atom is -0.493 e. The summed E-state index contributed by atoms with van der Waals surface area (Å²) in [5.74, 6) is 1.48. The predicted molar refractivity (Wildman–Crippen MR) is 111 cm³/mol. The number of methoxy groups -OCH3 is 2. The number of hydrogen-bond acceptors (Lipinski definition) is 5. The molecular weight excluding hydrogens is 338 g/mol. The van der Waals surface area contributed by atoms with E-state index in [1.54, 1.807) is 14.2 Å². The molecular formula is C22H27N3O2. The van der Waals surface area contributed by atoms with E-state index in [2.05, 4.69) is 47.5 Å². The first kappa shape index (κ1) is 19.0. The SMILES string of the molecule is COc1ccc([C@@H](CNc2cc(C)nc3ccccc23)N(C)C)cc1OC. The largest absolute Gasteiger partial charge is 0.493 e. The van der Waals surface area contributed by atoms with Crippen molar-refractivity contribution in [3.05, 3.63) is 59.8 Å². The first-order valence-corrected chi connectivity index (χ1v) is 9.02. The first-order chi connectivity index (χ1) is 13.0. The molecule has 0 fully saturated rings. The molecule has 0 saturated carbocycles. The smallest absolute Gasteiger partial charge is 0.161 e. The van der Waals surface area contributed by atoms with Crippen LogP contribution >= 0.6 is 0 Å². The topological polar surface area (TPSA) is 46.6 Å². The lowest BCUT2D eigenvalue weighted by molar-refractivity contribution is 0.308. The molecule has 1 aromatic heterocycles. The molecule has 0 aliphatic rings. The summed E-state index contributed by atoms with van der Waals surface area (Å²) in [6.45, 7) is 2.78. The monoisotopic (exact) mass is 365 g/mol. The molecule has 142 valence electrons. The van der Waals surface area contributed by atoms with Crippen molar-refractivity contribution < 1.29 is 9.47 Å². The molecule has 27 heavy (non-hydrogen) atoms. The summed E-state index contributed by atoms with van der Waals surface area (Å²) in [7, 11) is 7.48. The van der Waals surface area contributed by atoms with Gasteiger partial charge in [0.25, 0.3) is 0 Å². The van der Waals surface area contributed by atoms with Crippen molar-refractivity contribution in [2.45, 2.75) is 13.0 Å². The number of hydrogen-bond donors (Lipinski definition) is 1. The van der Waals surface area contributed by atoms with Crippen molar-refractivity contribution >= 4 is 16.6 Å². The van der Waals surface area contributed by atoms with Gasteiger partial charge in [-0.2, -0.15) is 0 Å². The van der Waals surface area contributed by atoms with Gasteiger partial charge in [-0.05, 0) is 50.8 Å². The average molecular weight is 365 g/mol. The maximum atomic E-state index is 5.47. The molecule has 1 N–H and O–H groups in total. The number of fused-ring (bicyclic) bond motifs is 1. The van der Waals surface area contributed by atoms with Crippen LogP contribution in [0.5, 0.6) is 11.5 Å². The summed E-state index contributed by atoms with van der Waals surface area (Å²) in [6, 6.07) is 16.6. The number of nitrogens with zero attached hydrogens (tertiary/aromatic N) is 2. The van der Waals surface area contributed by atoms with E-state index in [0.717, 1.165) is 40.3 Å². The molecule has 1 heterocycles. The summed E-state index contributed by atoms with van der Waals surface area (Å²) in [5.41, 5.74) is 4.28. The zero-order valence-electron chi connectivity index (χ0n) is 16.6. The second kappa shape index (κ2) is 8.27. The van der Waals surface area contributed by atoms with E-state index in [1.165, 1.54) is 5.56 Å². The molecule has 0 amide bonds. The number of para-hydroxylation sites is 1. The van der Waals surface area contributed by atoms with Crippen molar-refractivity contribution in [2.24, 2.45) is 0 Å². The number of ether oxygens (including phenoxy) is 2. The molecule has 0 aliphatic heterocycles. The summed E-state index contributed by atoms with van der Waals surface area (Å²) >= 11 is 0. The minimum atomic E-state index is 0.178. The molecule has 0 bridgehead atoms. The van der Waals surface area contributed by atoms with Crippen LogP contribution in [-0.2, 0) is 0 Å². The minimum absolute atomic E-state index is 0.178. The highest BCUT2D eigenvalue weighted by atomic mass is 16.5. The van der Waals surface area contributed by atoms with E-state index < -0.39 is 0 Å². The molecule has 0 unspecified atom stereocenters. The zero-order chi connectivity index (χ0) is 19.4. The van der Waals surface area contributed by atoms with Gasteiger partial charge in [-0.15, -0.1) is 0 Å². The molecule has 0 saturated heterocycles. The third-order valence-corrected chi connectivity index (χ3v) is 4.75. The maximum Gasteiger partial charge on any atom is 0.161 e. The average Bonchev–Trinajstić information content (AvgIpc) is 2.67. The lowest BCUT2D eigenvalue weighted by Crippen LogP contribution is -2.27. The van der Waals surface area contributed by atoms with Gasteiger partial charge in [0, 0.05) is 23.3 Å². The van der Waals surface area contributed by atoms with Crippen molar-refractivity contribution in [1.82, 2.24) is 9.88 Å². The fourth-order valence-corrected chi connectivity index (χ4v) is 3.32. The van der Waals surface area contributed by atoms with Gasteiger partial charge in [0.15, 0.2) is 11.5 Å².